The summed E-state index contributed by atoms with van der Waals surface area (Å²) in [6.45, 7) is 3.40. The molecule has 2 fully saturated rings. The van der Waals surface area contributed by atoms with Crippen molar-refractivity contribution in [3.8, 4) is 0 Å². The molecule has 0 amide bonds. The van der Waals surface area contributed by atoms with E-state index in [1.54, 1.807) is 0 Å². The molecule has 2 saturated heterocycles. The van der Waals surface area contributed by atoms with Crippen LogP contribution in [0.3, 0.4) is 0 Å². The number of fused-ring (bicyclic) bond motifs is 2. The Bertz CT molecular complexity index is 636. The molecule has 4 rings (SSSR count). The normalized spacial score (nSPS) is 26.3. The summed E-state index contributed by atoms with van der Waals surface area (Å²) < 4.78 is 0. The fourth-order valence-corrected chi connectivity index (χ4v) is 4.22. The summed E-state index contributed by atoms with van der Waals surface area (Å²) >= 11 is 6.48. The third kappa shape index (κ3) is 2.59. The van der Waals surface area contributed by atoms with Crippen LogP contribution in [0.1, 0.15) is 31.4 Å². The average molecular weight is 304 g/mol. The fraction of sp³-hybridized carbons (Fsp3) is 0.529. The summed E-state index contributed by atoms with van der Waals surface area (Å²) in [6, 6.07) is 9.69. The molecular formula is C17H22ClN3. The molecule has 0 bridgehead atoms. The van der Waals surface area contributed by atoms with Crippen molar-refractivity contribution in [2.45, 2.75) is 44.3 Å². The van der Waals surface area contributed by atoms with Crippen LogP contribution in [0, 0.1) is 0 Å². The Kier molecular flexibility index (Phi) is 3.66. The smallest absolute Gasteiger partial charge is 0.0705 e. The highest BCUT2D eigenvalue weighted by Gasteiger charge is 2.31. The van der Waals surface area contributed by atoms with E-state index in [4.69, 9.17) is 11.6 Å². The number of piperidine rings is 1. The lowest BCUT2D eigenvalue weighted by Gasteiger charge is -2.35. The van der Waals surface area contributed by atoms with Crippen molar-refractivity contribution >= 4 is 22.5 Å². The Balaban J connectivity index is 1.42. The molecule has 0 radical (unpaired) electrons. The van der Waals surface area contributed by atoms with Crippen LogP contribution in [0.2, 0.25) is 5.02 Å². The lowest BCUT2D eigenvalue weighted by Crippen LogP contribution is -2.45. The van der Waals surface area contributed by atoms with Crippen LogP contribution in [0.4, 0.5) is 0 Å². The highest BCUT2D eigenvalue weighted by molar-refractivity contribution is 6.36. The Morgan fingerprint density at radius 1 is 1.24 bits per heavy atom. The number of nitrogens with zero attached hydrogens (tertiary/aromatic N) is 1. The van der Waals surface area contributed by atoms with Gasteiger partial charge in [0, 0.05) is 35.2 Å². The molecule has 2 aromatic rings. The molecule has 1 aromatic heterocycles. The van der Waals surface area contributed by atoms with Gasteiger partial charge in [-0.15, -0.1) is 0 Å². The van der Waals surface area contributed by atoms with Gasteiger partial charge in [-0.25, -0.2) is 0 Å². The van der Waals surface area contributed by atoms with Crippen molar-refractivity contribution in [2.75, 3.05) is 13.1 Å². The number of aromatic nitrogens is 1. The number of para-hydroxylation sites is 1. The van der Waals surface area contributed by atoms with Gasteiger partial charge in [-0.2, -0.15) is 0 Å². The number of hydrogen-bond acceptors (Lipinski definition) is 2. The predicted molar refractivity (Wildman–Crippen MR) is 87.8 cm³/mol. The molecule has 2 aliphatic rings. The van der Waals surface area contributed by atoms with Crippen molar-refractivity contribution in [3.05, 3.63) is 35.0 Å². The molecule has 0 spiro atoms. The van der Waals surface area contributed by atoms with E-state index in [9.17, 15) is 0 Å². The van der Waals surface area contributed by atoms with E-state index in [1.807, 2.05) is 12.1 Å². The molecule has 2 aliphatic heterocycles. The topological polar surface area (TPSA) is 31.1 Å². The number of aromatic amines is 1. The third-order valence-corrected chi connectivity index (χ3v) is 5.53. The van der Waals surface area contributed by atoms with E-state index >= 15 is 0 Å². The first-order valence-corrected chi connectivity index (χ1v) is 8.41. The van der Waals surface area contributed by atoms with Gasteiger partial charge in [0.05, 0.1) is 5.02 Å². The standard InChI is InChI=1S/C17H22ClN3/c18-17-14-5-1-2-6-15(14)20-16(17)11-19-12-7-9-21-8-3-4-13(21)10-12/h1-2,5-6,12-13,19-20H,3-4,7-11H2. The molecule has 112 valence electrons. The van der Waals surface area contributed by atoms with Crippen molar-refractivity contribution in [3.63, 3.8) is 0 Å². The second-order valence-corrected chi connectivity index (χ2v) is 6.78. The molecule has 0 saturated carbocycles. The summed E-state index contributed by atoms with van der Waals surface area (Å²) in [7, 11) is 0. The van der Waals surface area contributed by atoms with Crippen LogP contribution in [-0.4, -0.2) is 35.1 Å². The monoisotopic (exact) mass is 303 g/mol. The molecule has 21 heavy (non-hydrogen) atoms. The quantitative estimate of drug-likeness (QED) is 0.909. The Morgan fingerprint density at radius 2 is 2.14 bits per heavy atom. The van der Waals surface area contributed by atoms with Gasteiger partial charge in [-0.3, -0.25) is 0 Å². The van der Waals surface area contributed by atoms with Gasteiger partial charge in [0.1, 0.15) is 0 Å². The van der Waals surface area contributed by atoms with Gasteiger partial charge in [0.2, 0.25) is 0 Å². The first-order chi connectivity index (χ1) is 10.3. The summed E-state index contributed by atoms with van der Waals surface area (Å²) in [5.41, 5.74) is 2.25. The highest BCUT2D eigenvalue weighted by atomic mass is 35.5. The minimum atomic E-state index is 0.631. The summed E-state index contributed by atoms with van der Waals surface area (Å²) in [5, 5.41) is 5.71. The van der Waals surface area contributed by atoms with E-state index in [1.165, 1.54) is 38.8 Å². The molecular weight excluding hydrogens is 282 g/mol. The Labute approximate surface area is 130 Å². The molecule has 3 heterocycles. The maximum Gasteiger partial charge on any atom is 0.0705 e. The Morgan fingerprint density at radius 3 is 3.05 bits per heavy atom. The minimum absolute atomic E-state index is 0.631. The van der Waals surface area contributed by atoms with Gasteiger partial charge in [-0.05, 0) is 44.8 Å². The van der Waals surface area contributed by atoms with E-state index in [0.29, 0.717) is 6.04 Å². The first kappa shape index (κ1) is 13.6. The van der Waals surface area contributed by atoms with Crippen LogP contribution in [0.25, 0.3) is 10.9 Å². The number of rotatable bonds is 3. The summed E-state index contributed by atoms with van der Waals surface area (Å²) in [4.78, 5) is 6.11. The average Bonchev–Trinajstić information content (AvgIpc) is 3.10. The number of H-pyrrole nitrogens is 1. The van der Waals surface area contributed by atoms with E-state index in [0.717, 1.165) is 34.2 Å². The zero-order valence-electron chi connectivity index (χ0n) is 12.2. The summed E-state index contributed by atoms with van der Waals surface area (Å²) in [5.74, 6) is 0. The van der Waals surface area contributed by atoms with E-state index < -0.39 is 0 Å². The van der Waals surface area contributed by atoms with Crippen LogP contribution >= 0.6 is 11.6 Å². The molecule has 2 N–H and O–H groups in total. The van der Waals surface area contributed by atoms with Crippen LogP contribution < -0.4 is 5.32 Å². The largest absolute Gasteiger partial charge is 0.356 e. The third-order valence-electron chi connectivity index (χ3n) is 5.10. The highest BCUT2D eigenvalue weighted by Crippen LogP contribution is 2.29. The molecule has 1 aromatic carbocycles. The zero-order valence-corrected chi connectivity index (χ0v) is 13.0. The van der Waals surface area contributed by atoms with Crippen LogP contribution in [0.5, 0.6) is 0 Å². The van der Waals surface area contributed by atoms with Gasteiger partial charge >= 0.3 is 0 Å². The van der Waals surface area contributed by atoms with Crippen molar-refractivity contribution in [2.24, 2.45) is 0 Å². The fourth-order valence-electron chi connectivity index (χ4n) is 3.94. The van der Waals surface area contributed by atoms with E-state index in [-0.39, 0.29) is 0 Å². The van der Waals surface area contributed by atoms with Gasteiger partial charge < -0.3 is 15.2 Å². The number of benzene rings is 1. The van der Waals surface area contributed by atoms with Crippen molar-refractivity contribution in [1.82, 2.24) is 15.2 Å². The zero-order chi connectivity index (χ0) is 14.2. The minimum Gasteiger partial charge on any atom is -0.356 e. The lowest BCUT2D eigenvalue weighted by molar-refractivity contribution is 0.166. The first-order valence-electron chi connectivity index (χ1n) is 8.04. The van der Waals surface area contributed by atoms with Crippen molar-refractivity contribution < 1.29 is 0 Å². The van der Waals surface area contributed by atoms with Crippen molar-refractivity contribution in [1.29, 1.82) is 0 Å². The molecule has 2 atom stereocenters. The van der Waals surface area contributed by atoms with Gasteiger partial charge in [0.15, 0.2) is 0 Å². The van der Waals surface area contributed by atoms with Crippen LogP contribution in [0.15, 0.2) is 24.3 Å². The molecule has 3 nitrogen and oxygen atoms in total. The maximum absolute atomic E-state index is 6.48. The second-order valence-electron chi connectivity index (χ2n) is 6.40. The van der Waals surface area contributed by atoms with E-state index in [2.05, 4.69) is 27.3 Å². The number of hydrogen-bond donors (Lipinski definition) is 2. The number of nitrogens with one attached hydrogen (secondary N) is 2. The predicted octanol–water partition coefficient (Wildman–Crippen LogP) is 3.54. The number of halogens is 1. The Hall–Kier alpha value is -1.03. The second kappa shape index (κ2) is 5.64. The van der Waals surface area contributed by atoms with Gasteiger partial charge in [0.25, 0.3) is 0 Å². The van der Waals surface area contributed by atoms with Crippen LogP contribution in [-0.2, 0) is 6.54 Å². The molecule has 0 aliphatic carbocycles. The molecule has 4 heteroatoms. The maximum atomic E-state index is 6.48. The molecule has 2 unspecified atom stereocenters. The lowest BCUT2D eigenvalue weighted by atomic mass is 9.97. The SMILES string of the molecule is Clc1c(CNC2CCN3CCCC3C2)[nH]c2ccccc12. The summed E-state index contributed by atoms with van der Waals surface area (Å²) in [6.07, 6.45) is 5.31. The van der Waals surface area contributed by atoms with Gasteiger partial charge in [-0.1, -0.05) is 29.8 Å².